The van der Waals surface area contributed by atoms with Crippen molar-refractivity contribution in [2.75, 3.05) is 7.11 Å². The molecule has 2 N–H and O–H groups in total. The summed E-state index contributed by atoms with van der Waals surface area (Å²) < 4.78 is 5.42. The Labute approximate surface area is 89.8 Å². The fraction of sp³-hybridized carbons (Fsp3) is 0.889. The van der Waals surface area contributed by atoms with E-state index in [4.69, 9.17) is 10.5 Å². The van der Waals surface area contributed by atoms with Gasteiger partial charge in [-0.2, -0.15) is 4.80 Å². The maximum absolute atomic E-state index is 6.07. The average Bonchev–Trinajstić information content (AvgIpc) is 2.62. The van der Waals surface area contributed by atoms with E-state index in [1.807, 2.05) is 13.8 Å². The van der Waals surface area contributed by atoms with Crippen LogP contribution in [0.3, 0.4) is 0 Å². The van der Waals surface area contributed by atoms with Gasteiger partial charge in [-0.3, -0.25) is 0 Å². The van der Waals surface area contributed by atoms with Crippen LogP contribution in [-0.4, -0.2) is 39.0 Å². The molecule has 0 fully saturated rings. The smallest absolute Gasteiger partial charge is 0.176 e. The largest absolute Gasteiger partial charge is 0.377 e. The number of methoxy groups -OCH3 is 1. The van der Waals surface area contributed by atoms with E-state index < -0.39 is 0 Å². The van der Waals surface area contributed by atoms with Gasteiger partial charge in [-0.25, -0.2) is 0 Å². The van der Waals surface area contributed by atoms with Crippen LogP contribution < -0.4 is 5.73 Å². The van der Waals surface area contributed by atoms with Crippen LogP contribution in [0.5, 0.6) is 0 Å². The predicted molar refractivity (Wildman–Crippen MR) is 56.2 cm³/mol. The number of nitrogens with zero attached hydrogens (tertiary/aromatic N) is 4. The molecule has 0 aliphatic rings. The van der Waals surface area contributed by atoms with Gasteiger partial charge in [-0.15, -0.1) is 10.2 Å². The molecular weight excluding hydrogens is 194 g/mol. The summed E-state index contributed by atoms with van der Waals surface area (Å²) >= 11 is 0. The molecule has 0 spiro atoms. The van der Waals surface area contributed by atoms with Gasteiger partial charge in [-0.05, 0) is 18.6 Å². The molecule has 1 heterocycles. The third kappa shape index (κ3) is 2.73. The molecule has 6 heteroatoms. The van der Waals surface area contributed by atoms with Gasteiger partial charge >= 0.3 is 0 Å². The highest BCUT2D eigenvalue weighted by Crippen LogP contribution is 2.19. The van der Waals surface area contributed by atoms with Crippen LogP contribution in [0.1, 0.15) is 26.1 Å². The molecule has 0 aliphatic heterocycles. The zero-order chi connectivity index (χ0) is 11.5. The lowest BCUT2D eigenvalue weighted by molar-refractivity contribution is -0.0189. The van der Waals surface area contributed by atoms with Crippen molar-refractivity contribution in [1.82, 2.24) is 20.2 Å². The quantitative estimate of drug-likeness (QED) is 0.738. The highest BCUT2D eigenvalue weighted by molar-refractivity contribution is 4.93. The summed E-state index contributed by atoms with van der Waals surface area (Å²) in [6.07, 6.45) is 1.43. The van der Waals surface area contributed by atoms with Crippen molar-refractivity contribution in [3.8, 4) is 0 Å². The van der Waals surface area contributed by atoms with Gasteiger partial charge in [0.1, 0.15) is 0 Å². The first-order valence-electron chi connectivity index (χ1n) is 5.05. The molecule has 1 aromatic heterocycles. The molecule has 0 amide bonds. The van der Waals surface area contributed by atoms with E-state index in [0.717, 1.165) is 6.42 Å². The molecule has 0 saturated carbocycles. The molecule has 0 aromatic carbocycles. The molecular formula is C9H19N5O. The Balaban J connectivity index is 2.65. The molecule has 1 rings (SSSR count). The fourth-order valence-corrected chi connectivity index (χ4v) is 1.38. The van der Waals surface area contributed by atoms with E-state index in [2.05, 4.69) is 15.4 Å². The highest BCUT2D eigenvalue weighted by Gasteiger charge is 2.30. The Hall–Kier alpha value is -1.01. The molecule has 15 heavy (non-hydrogen) atoms. The van der Waals surface area contributed by atoms with Crippen LogP contribution in [0.15, 0.2) is 0 Å². The molecule has 86 valence electrons. The van der Waals surface area contributed by atoms with Crippen molar-refractivity contribution >= 4 is 0 Å². The maximum Gasteiger partial charge on any atom is 0.176 e. The molecule has 0 saturated heterocycles. The lowest BCUT2D eigenvalue weighted by Gasteiger charge is -2.32. The van der Waals surface area contributed by atoms with Gasteiger partial charge in [-0.1, -0.05) is 6.92 Å². The van der Waals surface area contributed by atoms with Gasteiger partial charge in [0.25, 0.3) is 0 Å². The van der Waals surface area contributed by atoms with E-state index >= 15 is 0 Å². The molecule has 0 radical (unpaired) electrons. The molecule has 0 bridgehead atoms. The third-order valence-electron chi connectivity index (χ3n) is 2.90. The Kier molecular flexibility index (Phi) is 3.76. The number of hydrogen-bond acceptors (Lipinski definition) is 5. The Morgan fingerprint density at radius 2 is 2.27 bits per heavy atom. The summed E-state index contributed by atoms with van der Waals surface area (Å²) in [6, 6.07) is -0.128. The fourth-order valence-electron chi connectivity index (χ4n) is 1.38. The average molecular weight is 213 g/mol. The lowest BCUT2D eigenvalue weighted by Crippen LogP contribution is -2.48. The summed E-state index contributed by atoms with van der Waals surface area (Å²) in [4.78, 5) is 1.43. The normalized spacial score (nSPS) is 17.4. The number of aryl methyl sites for hydroxylation is 1. The van der Waals surface area contributed by atoms with Crippen molar-refractivity contribution in [3.63, 3.8) is 0 Å². The Bertz CT molecular complexity index is 307. The van der Waals surface area contributed by atoms with Crippen molar-refractivity contribution in [2.24, 2.45) is 12.8 Å². The molecule has 6 nitrogen and oxygen atoms in total. The number of rotatable bonds is 5. The van der Waals surface area contributed by atoms with E-state index in [0.29, 0.717) is 12.2 Å². The van der Waals surface area contributed by atoms with E-state index in [1.165, 1.54) is 4.80 Å². The maximum atomic E-state index is 6.07. The van der Waals surface area contributed by atoms with Gasteiger partial charge in [0, 0.05) is 19.6 Å². The van der Waals surface area contributed by atoms with Crippen LogP contribution in [-0.2, 0) is 18.2 Å². The highest BCUT2D eigenvalue weighted by atomic mass is 16.5. The number of nitrogens with two attached hydrogens (primary N) is 1. The Morgan fingerprint density at radius 1 is 1.60 bits per heavy atom. The minimum Gasteiger partial charge on any atom is -0.377 e. The number of tetrazole rings is 1. The van der Waals surface area contributed by atoms with E-state index in [9.17, 15) is 0 Å². The van der Waals surface area contributed by atoms with Crippen LogP contribution in [0.4, 0.5) is 0 Å². The zero-order valence-corrected chi connectivity index (χ0v) is 9.77. The van der Waals surface area contributed by atoms with E-state index in [-0.39, 0.29) is 11.6 Å². The first kappa shape index (κ1) is 12.1. The molecule has 1 aromatic rings. The van der Waals surface area contributed by atoms with Gasteiger partial charge < -0.3 is 10.5 Å². The van der Waals surface area contributed by atoms with Crippen LogP contribution in [0, 0.1) is 0 Å². The summed E-state index contributed by atoms with van der Waals surface area (Å²) in [5.74, 6) is 0.654. The van der Waals surface area contributed by atoms with Crippen molar-refractivity contribution < 1.29 is 4.74 Å². The third-order valence-corrected chi connectivity index (χ3v) is 2.90. The second-order valence-electron chi connectivity index (χ2n) is 3.88. The minimum atomic E-state index is -0.334. The second kappa shape index (κ2) is 4.67. The Morgan fingerprint density at radius 3 is 2.67 bits per heavy atom. The minimum absolute atomic E-state index is 0.128. The first-order chi connectivity index (χ1) is 7.01. The number of ether oxygens (including phenoxy) is 1. The van der Waals surface area contributed by atoms with Crippen LogP contribution in [0.2, 0.25) is 0 Å². The number of aromatic nitrogens is 4. The van der Waals surface area contributed by atoms with Crippen molar-refractivity contribution in [1.29, 1.82) is 0 Å². The SMILES string of the molecule is CCC(C)(OC)C(N)Cc1nnn(C)n1. The molecule has 0 aliphatic carbocycles. The first-order valence-corrected chi connectivity index (χ1v) is 5.05. The monoisotopic (exact) mass is 213 g/mol. The van der Waals surface area contributed by atoms with Gasteiger partial charge in [0.15, 0.2) is 5.82 Å². The lowest BCUT2D eigenvalue weighted by atomic mass is 9.91. The van der Waals surface area contributed by atoms with Crippen molar-refractivity contribution in [2.45, 2.75) is 38.3 Å². The zero-order valence-electron chi connectivity index (χ0n) is 9.77. The summed E-state index contributed by atoms with van der Waals surface area (Å²) in [7, 11) is 3.41. The molecule has 2 unspecified atom stereocenters. The van der Waals surface area contributed by atoms with Crippen molar-refractivity contribution in [3.05, 3.63) is 5.82 Å². The predicted octanol–water partition coefficient (Wildman–Crippen LogP) is -0.105. The van der Waals surface area contributed by atoms with E-state index in [1.54, 1.807) is 14.2 Å². The standard InChI is InChI=1S/C9H19N5O/c1-5-9(2,15-4)7(10)6-8-11-13-14(3)12-8/h7H,5-6,10H2,1-4H3. The second-order valence-corrected chi connectivity index (χ2v) is 3.88. The van der Waals surface area contributed by atoms with Crippen LogP contribution in [0.25, 0.3) is 0 Å². The topological polar surface area (TPSA) is 78.9 Å². The van der Waals surface area contributed by atoms with Gasteiger partial charge in [0.2, 0.25) is 0 Å². The number of hydrogen-bond donors (Lipinski definition) is 1. The molecule has 2 atom stereocenters. The summed E-state index contributed by atoms with van der Waals surface area (Å²) in [5, 5.41) is 11.8. The van der Waals surface area contributed by atoms with Gasteiger partial charge in [0.05, 0.1) is 12.6 Å². The summed E-state index contributed by atoms with van der Waals surface area (Å²) in [5.41, 5.74) is 5.74. The van der Waals surface area contributed by atoms with Crippen LogP contribution >= 0.6 is 0 Å². The summed E-state index contributed by atoms with van der Waals surface area (Å²) in [6.45, 7) is 4.04.